The van der Waals surface area contributed by atoms with Crippen LogP contribution in [0.25, 0.3) is 22.0 Å². The summed E-state index contributed by atoms with van der Waals surface area (Å²) in [6.07, 6.45) is -1.15. The molecule has 0 saturated heterocycles. The van der Waals surface area contributed by atoms with Crippen LogP contribution in [0.2, 0.25) is 0 Å². The van der Waals surface area contributed by atoms with E-state index in [1.165, 1.54) is 42.7 Å². The molecule has 0 aliphatic carbocycles. The summed E-state index contributed by atoms with van der Waals surface area (Å²) in [7, 11) is 0. The molecule has 0 unspecified atom stereocenters. The largest absolute Gasteiger partial charge is 0.508 e. The van der Waals surface area contributed by atoms with Gasteiger partial charge in [-0.1, -0.05) is 12.1 Å². The number of phenols is 1. The molecule has 2 aromatic carbocycles. The fourth-order valence-corrected chi connectivity index (χ4v) is 3.32. The van der Waals surface area contributed by atoms with Gasteiger partial charge in [-0.3, -0.25) is 14.6 Å². The molecule has 2 N–H and O–H groups in total. The highest BCUT2D eigenvalue weighted by atomic mass is 19.4. The molecule has 0 aliphatic heterocycles. The summed E-state index contributed by atoms with van der Waals surface area (Å²) in [5.74, 6) is -2.63. The summed E-state index contributed by atoms with van der Waals surface area (Å²) in [4.78, 5) is 31.2. The topological polar surface area (TPSA) is 83.0 Å². The van der Waals surface area contributed by atoms with Crippen molar-refractivity contribution in [3.05, 3.63) is 83.8 Å². The monoisotopic (exact) mass is 410 g/mol. The number of nitrogens with zero attached hydrogens (tertiary/aromatic N) is 1. The van der Waals surface area contributed by atoms with Crippen LogP contribution < -0.4 is 0 Å². The molecule has 0 fully saturated rings. The lowest BCUT2D eigenvalue weighted by Gasteiger charge is -2.10. The molecular weight excluding hydrogens is 397 g/mol. The van der Waals surface area contributed by atoms with Crippen LogP contribution in [0.4, 0.5) is 13.2 Å². The number of aromatic hydroxyl groups is 1. The zero-order valence-corrected chi connectivity index (χ0v) is 15.2. The van der Waals surface area contributed by atoms with Crippen molar-refractivity contribution in [2.45, 2.75) is 6.18 Å². The average molecular weight is 410 g/mol. The van der Waals surface area contributed by atoms with E-state index in [9.17, 15) is 27.9 Å². The van der Waals surface area contributed by atoms with Gasteiger partial charge in [0.05, 0.1) is 5.56 Å². The molecular formula is C22H13F3N2O3. The summed E-state index contributed by atoms with van der Waals surface area (Å²) < 4.78 is 39.1. The number of aromatic amines is 1. The van der Waals surface area contributed by atoms with Gasteiger partial charge < -0.3 is 10.1 Å². The Morgan fingerprint density at radius 2 is 1.80 bits per heavy atom. The highest BCUT2D eigenvalue weighted by Gasteiger charge is 2.40. The number of rotatable bonds is 4. The third-order valence-electron chi connectivity index (χ3n) is 4.62. The molecule has 2 aromatic heterocycles. The van der Waals surface area contributed by atoms with Crippen molar-refractivity contribution in [3.63, 3.8) is 0 Å². The molecule has 4 aromatic rings. The minimum atomic E-state index is -5.04. The standard InChI is InChI=1S/C22H13F3N2O3/c23-22(24,25)21(30)17-11-27-18-5-1-4-16(19(17)18)13-7-14(9-15(28)8-13)20(29)12-3-2-6-26-10-12/h1-11,27-28H. The number of aromatic nitrogens is 2. The van der Waals surface area contributed by atoms with Gasteiger partial charge in [-0.25, -0.2) is 0 Å². The predicted octanol–water partition coefficient (Wildman–Crippen LogP) is 4.91. The molecule has 0 atom stereocenters. The van der Waals surface area contributed by atoms with Gasteiger partial charge in [0.1, 0.15) is 5.75 Å². The van der Waals surface area contributed by atoms with Gasteiger partial charge in [0.15, 0.2) is 5.78 Å². The maximum absolute atomic E-state index is 13.0. The van der Waals surface area contributed by atoms with E-state index < -0.39 is 23.3 Å². The first-order valence-corrected chi connectivity index (χ1v) is 8.76. The Kier molecular flexibility index (Phi) is 4.62. The van der Waals surface area contributed by atoms with Crippen LogP contribution in [0.15, 0.2) is 67.1 Å². The van der Waals surface area contributed by atoms with Crippen LogP contribution in [0.3, 0.4) is 0 Å². The third-order valence-corrected chi connectivity index (χ3v) is 4.62. The molecule has 0 amide bonds. The Bertz CT molecular complexity index is 1280. The number of phenolic OH excluding ortho intramolecular Hbond substituents is 1. The Morgan fingerprint density at radius 3 is 2.50 bits per heavy atom. The van der Waals surface area contributed by atoms with E-state index >= 15 is 0 Å². The zero-order valence-electron chi connectivity index (χ0n) is 15.2. The van der Waals surface area contributed by atoms with Gasteiger partial charge in [0, 0.05) is 40.6 Å². The Hall–Kier alpha value is -3.94. The lowest BCUT2D eigenvalue weighted by Crippen LogP contribution is -2.22. The van der Waals surface area contributed by atoms with Gasteiger partial charge in [-0.05, 0) is 47.5 Å². The first kappa shape index (κ1) is 19.4. The molecule has 30 heavy (non-hydrogen) atoms. The fourth-order valence-electron chi connectivity index (χ4n) is 3.32. The molecule has 4 rings (SSSR count). The molecule has 8 heteroatoms. The summed E-state index contributed by atoms with van der Waals surface area (Å²) >= 11 is 0. The second-order valence-electron chi connectivity index (χ2n) is 6.60. The zero-order chi connectivity index (χ0) is 21.5. The minimum absolute atomic E-state index is 0.0604. The van der Waals surface area contributed by atoms with Crippen LogP contribution in [0.5, 0.6) is 5.75 Å². The maximum Gasteiger partial charge on any atom is 0.454 e. The van der Waals surface area contributed by atoms with Gasteiger partial charge >= 0.3 is 6.18 Å². The molecule has 2 heterocycles. The number of hydrogen-bond donors (Lipinski definition) is 2. The molecule has 0 saturated carbocycles. The van der Waals surface area contributed by atoms with Gasteiger partial charge in [-0.15, -0.1) is 0 Å². The Balaban J connectivity index is 1.89. The van der Waals surface area contributed by atoms with E-state index in [0.717, 1.165) is 6.20 Å². The van der Waals surface area contributed by atoms with Gasteiger partial charge in [0.2, 0.25) is 0 Å². The number of pyridine rings is 1. The number of alkyl halides is 3. The van der Waals surface area contributed by atoms with E-state index in [1.54, 1.807) is 18.2 Å². The fraction of sp³-hybridized carbons (Fsp3) is 0.0455. The second kappa shape index (κ2) is 7.14. The van der Waals surface area contributed by atoms with Gasteiger partial charge in [0.25, 0.3) is 5.78 Å². The number of benzene rings is 2. The van der Waals surface area contributed by atoms with Crippen molar-refractivity contribution in [1.82, 2.24) is 9.97 Å². The van der Waals surface area contributed by atoms with E-state index in [1.807, 2.05) is 0 Å². The van der Waals surface area contributed by atoms with Crippen LogP contribution in [-0.2, 0) is 0 Å². The van der Waals surface area contributed by atoms with E-state index in [2.05, 4.69) is 9.97 Å². The number of carbonyl (C=O) groups is 2. The lowest BCUT2D eigenvalue weighted by molar-refractivity contribution is -0.0884. The molecule has 5 nitrogen and oxygen atoms in total. The van der Waals surface area contributed by atoms with Crippen molar-refractivity contribution in [2.75, 3.05) is 0 Å². The molecule has 0 radical (unpaired) electrons. The molecule has 0 spiro atoms. The number of halogens is 3. The van der Waals surface area contributed by atoms with Crippen LogP contribution >= 0.6 is 0 Å². The number of Topliss-reactive ketones (excluding diaryl/α,β-unsaturated/α-hetero) is 1. The van der Waals surface area contributed by atoms with Crippen LogP contribution in [0.1, 0.15) is 26.3 Å². The van der Waals surface area contributed by atoms with Crippen LogP contribution in [-0.4, -0.2) is 32.8 Å². The highest BCUT2D eigenvalue weighted by molar-refractivity contribution is 6.15. The maximum atomic E-state index is 13.0. The van der Waals surface area contributed by atoms with Crippen molar-refractivity contribution in [2.24, 2.45) is 0 Å². The van der Waals surface area contributed by atoms with E-state index in [4.69, 9.17) is 0 Å². The normalized spacial score (nSPS) is 11.6. The average Bonchev–Trinajstić information content (AvgIpc) is 3.16. The summed E-state index contributed by atoms with van der Waals surface area (Å²) in [6.45, 7) is 0. The van der Waals surface area contributed by atoms with Crippen molar-refractivity contribution < 1.29 is 27.9 Å². The molecule has 150 valence electrons. The molecule has 0 aliphatic rings. The van der Waals surface area contributed by atoms with E-state index in [-0.39, 0.29) is 22.3 Å². The number of ketones is 2. The second-order valence-corrected chi connectivity index (χ2v) is 6.60. The number of fused-ring (bicyclic) bond motifs is 1. The van der Waals surface area contributed by atoms with Crippen molar-refractivity contribution in [1.29, 1.82) is 0 Å². The number of hydrogen-bond acceptors (Lipinski definition) is 4. The lowest BCUT2D eigenvalue weighted by atomic mass is 9.94. The number of carbonyl (C=O) groups excluding carboxylic acids is 2. The Morgan fingerprint density at radius 1 is 1.00 bits per heavy atom. The Labute approximate surface area is 167 Å². The first-order valence-electron chi connectivity index (χ1n) is 8.76. The first-order chi connectivity index (χ1) is 14.3. The number of nitrogens with one attached hydrogen (secondary N) is 1. The number of H-pyrrole nitrogens is 1. The van der Waals surface area contributed by atoms with Crippen molar-refractivity contribution in [3.8, 4) is 16.9 Å². The summed E-state index contributed by atoms with van der Waals surface area (Å²) in [6, 6.07) is 11.9. The smallest absolute Gasteiger partial charge is 0.454 e. The van der Waals surface area contributed by atoms with Crippen LogP contribution in [0, 0.1) is 0 Å². The third kappa shape index (κ3) is 3.43. The van der Waals surface area contributed by atoms with Gasteiger partial charge in [-0.2, -0.15) is 13.2 Å². The highest BCUT2D eigenvalue weighted by Crippen LogP contribution is 2.36. The predicted molar refractivity (Wildman–Crippen MR) is 103 cm³/mol. The summed E-state index contributed by atoms with van der Waals surface area (Å²) in [5.41, 5.74) is 0.789. The SMILES string of the molecule is O=C(c1cccnc1)c1cc(O)cc(-c2cccc3[nH]cc(C(=O)C(F)(F)F)c23)c1. The summed E-state index contributed by atoms with van der Waals surface area (Å²) in [5, 5.41) is 10.2. The van der Waals surface area contributed by atoms with E-state index in [0.29, 0.717) is 16.6 Å². The quantitative estimate of drug-likeness (QED) is 0.468. The van der Waals surface area contributed by atoms with Crippen molar-refractivity contribution >= 4 is 22.5 Å². The molecule has 0 bridgehead atoms. The minimum Gasteiger partial charge on any atom is -0.508 e.